The van der Waals surface area contributed by atoms with Crippen molar-refractivity contribution in [1.29, 1.82) is 0 Å². The first kappa shape index (κ1) is 15.8. The van der Waals surface area contributed by atoms with E-state index in [1.54, 1.807) is 31.3 Å². The Kier molecular flexibility index (Phi) is 6.99. The van der Waals surface area contributed by atoms with Crippen molar-refractivity contribution in [3.8, 4) is 0 Å². The molecule has 0 aliphatic carbocycles. The standard InChI is InChI=1S/C14H16N4OS/c1-11(16-3)20-14(17-10-9-15-2)18-13(19)12-7-5-4-6-8-12/h4-10H,2H2,1,3H3,(H,17,18,19)/b10-9+,16-11?. The minimum atomic E-state index is -0.222. The highest BCUT2D eigenvalue weighted by molar-refractivity contribution is 8.26. The second-order valence-corrected chi connectivity index (χ2v) is 4.76. The summed E-state index contributed by atoms with van der Waals surface area (Å²) in [5.41, 5.74) is 0.567. The number of amidine groups is 1. The van der Waals surface area contributed by atoms with Crippen molar-refractivity contribution in [3.05, 3.63) is 48.3 Å². The molecule has 0 radical (unpaired) electrons. The maximum absolute atomic E-state index is 12.1. The fraction of sp³-hybridized carbons (Fsp3) is 0.143. The van der Waals surface area contributed by atoms with Crippen LogP contribution in [-0.2, 0) is 0 Å². The molecule has 104 valence electrons. The number of aliphatic imine (C=N–C) groups is 3. The van der Waals surface area contributed by atoms with Crippen LogP contribution < -0.4 is 5.32 Å². The maximum Gasteiger partial charge on any atom is 0.257 e. The lowest BCUT2D eigenvalue weighted by molar-refractivity contribution is 0.0978. The van der Waals surface area contributed by atoms with E-state index in [4.69, 9.17) is 0 Å². The Morgan fingerprint density at radius 1 is 1.30 bits per heavy atom. The molecule has 20 heavy (non-hydrogen) atoms. The molecule has 0 aromatic heterocycles. The van der Waals surface area contributed by atoms with E-state index < -0.39 is 0 Å². The quantitative estimate of drug-likeness (QED) is 0.686. The van der Waals surface area contributed by atoms with Crippen molar-refractivity contribution in [2.75, 3.05) is 7.05 Å². The average molecular weight is 288 g/mol. The third-order valence-electron chi connectivity index (χ3n) is 2.18. The predicted octanol–water partition coefficient (Wildman–Crippen LogP) is 2.73. The van der Waals surface area contributed by atoms with E-state index in [2.05, 4.69) is 27.0 Å². The molecule has 0 aliphatic heterocycles. The summed E-state index contributed by atoms with van der Waals surface area (Å²) in [5.74, 6) is -0.222. The van der Waals surface area contributed by atoms with Crippen LogP contribution in [0.15, 0.2) is 57.7 Å². The molecule has 1 aromatic carbocycles. The minimum absolute atomic E-state index is 0.222. The molecule has 0 atom stereocenters. The molecule has 1 aromatic rings. The number of benzene rings is 1. The van der Waals surface area contributed by atoms with E-state index in [1.807, 2.05) is 13.0 Å². The van der Waals surface area contributed by atoms with Crippen LogP contribution in [0, 0.1) is 0 Å². The van der Waals surface area contributed by atoms with Crippen LogP contribution in [0.25, 0.3) is 0 Å². The highest BCUT2D eigenvalue weighted by atomic mass is 32.2. The van der Waals surface area contributed by atoms with Crippen molar-refractivity contribution in [1.82, 2.24) is 5.32 Å². The topological polar surface area (TPSA) is 66.2 Å². The molecule has 0 fully saturated rings. The molecule has 5 nitrogen and oxygen atoms in total. The smallest absolute Gasteiger partial charge is 0.257 e. The van der Waals surface area contributed by atoms with Gasteiger partial charge in [-0.3, -0.25) is 14.8 Å². The summed E-state index contributed by atoms with van der Waals surface area (Å²) in [7, 11) is 1.68. The van der Waals surface area contributed by atoms with Gasteiger partial charge in [-0.25, -0.2) is 4.99 Å². The first-order valence-corrected chi connectivity index (χ1v) is 6.65. The highest BCUT2D eigenvalue weighted by Crippen LogP contribution is 2.07. The summed E-state index contributed by atoms with van der Waals surface area (Å²) in [6.45, 7) is 5.16. The van der Waals surface area contributed by atoms with Crippen LogP contribution in [0.5, 0.6) is 0 Å². The fourth-order valence-electron chi connectivity index (χ4n) is 1.18. The molecule has 1 rings (SSSR count). The van der Waals surface area contributed by atoms with Crippen LogP contribution in [0.3, 0.4) is 0 Å². The molecular weight excluding hydrogens is 272 g/mol. The van der Waals surface area contributed by atoms with Crippen LogP contribution in [0.1, 0.15) is 17.3 Å². The van der Waals surface area contributed by atoms with Crippen molar-refractivity contribution in [3.63, 3.8) is 0 Å². The Hall–Kier alpha value is -2.21. The van der Waals surface area contributed by atoms with Gasteiger partial charge in [0.2, 0.25) is 0 Å². The summed E-state index contributed by atoms with van der Waals surface area (Å²) < 4.78 is 0. The van der Waals surface area contributed by atoms with Gasteiger partial charge in [0.25, 0.3) is 5.91 Å². The van der Waals surface area contributed by atoms with E-state index in [1.165, 1.54) is 24.2 Å². The molecule has 0 spiro atoms. The largest absolute Gasteiger partial charge is 0.301 e. The van der Waals surface area contributed by atoms with Crippen LogP contribution in [-0.4, -0.2) is 29.9 Å². The van der Waals surface area contributed by atoms with E-state index >= 15 is 0 Å². The molecule has 0 saturated carbocycles. The van der Waals surface area contributed by atoms with Crippen molar-refractivity contribution in [2.45, 2.75) is 6.92 Å². The Balaban J connectivity index is 2.84. The van der Waals surface area contributed by atoms with Gasteiger partial charge in [-0.1, -0.05) is 18.2 Å². The molecule has 0 saturated heterocycles. The van der Waals surface area contributed by atoms with E-state index in [0.717, 1.165) is 5.04 Å². The predicted molar refractivity (Wildman–Crippen MR) is 86.7 cm³/mol. The van der Waals surface area contributed by atoms with Gasteiger partial charge in [-0.15, -0.1) is 0 Å². The third-order valence-corrected chi connectivity index (χ3v) is 3.06. The lowest BCUT2D eigenvalue weighted by Crippen LogP contribution is -2.28. The van der Waals surface area contributed by atoms with Gasteiger partial charge >= 0.3 is 0 Å². The summed E-state index contributed by atoms with van der Waals surface area (Å²) in [6, 6.07) is 8.93. The fourth-order valence-corrected chi connectivity index (χ4v) is 1.81. The number of nitrogens with one attached hydrogen (secondary N) is 1. The van der Waals surface area contributed by atoms with Gasteiger partial charge < -0.3 is 5.32 Å². The van der Waals surface area contributed by atoms with Gasteiger partial charge in [0, 0.05) is 25.0 Å². The first-order chi connectivity index (χ1) is 9.67. The first-order valence-electron chi connectivity index (χ1n) is 5.83. The van der Waals surface area contributed by atoms with Crippen molar-refractivity contribution in [2.24, 2.45) is 15.0 Å². The van der Waals surface area contributed by atoms with Gasteiger partial charge in [-0.05, 0) is 37.5 Å². The SMILES string of the molecule is C=N/C=C/N=C(NC(=O)c1ccccc1)SC(C)=NC. The Labute approximate surface area is 122 Å². The second-order valence-electron chi connectivity index (χ2n) is 3.58. The normalized spacial score (nSPS) is 12.5. The zero-order valence-electron chi connectivity index (χ0n) is 11.4. The summed E-state index contributed by atoms with van der Waals surface area (Å²) >= 11 is 1.27. The minimum Gasteiger partial charge on any atom is -0.301 e. The molecular formula is C14H16N4OS. The number of rotatable bonds is 3. The van der Waals surface area contributed by atoms with Gasteiger partial charge in [-0.2, -0.15) is 0 Å². The molecule has 0 heterocycles. The number of amides is 1. The average Bonchev–Trinajstić information content (AvgIpc) is 2.48. The number of thioether (sulfide) groups is 1. The van der Waals surface area contributed by atoms with Crippen molar-refractivity contribution < 1.29 is 4.79 Å². The van der Waals surface area contributed by atoms with Crippen LogP contribution in [0.4, 0.5) is 0 Å². The number of hydrogen-bond donors (Lipinski definition) is 1. The second kappa shape index (κ2) is 8.82. The summed E-state index contributed by atoms with van der Waals surface area (Å²) in [6.07, 6.45) is 2.90. The highest BCUT2D eigenvalue weighted by Gasteiger charge is 2.09. The summed E-state index contributed by atoms with van der Waals surface area (Å²) in [5, 5.41) is 3.96. The third kappa shape index (κ3) is 5.62. The van der Waals surface area contributed by atoms with Gasteiger partial charge in [0.05, 0.1) is 5.04 Å². The Bertz CT molecular complexity index is 550. The molecule has 1 N–H and O–H groups in total. The molecule has 6 heteroatoms. The molecule has 1 amide bonds. The summed E-state index contributed by atoms with van der Waals surface area (Å²) in [4.78, 5) is 23.8. The van der Waals surface area contributed by atoms with E-state index in [-0.39, 0.29) is 5.91 Å². The number of nitrogens with zero attached hydrogens (tertiary/aromatic N) is 3. The van der Waals surface area contributed by atoms with Gasteiger partial charge in [0.15, 0.2) is 5.17 Å². The zero-order chi connectivity index (χ0) is 14.8. The number of hydrogen-bond acceptors (Lipinski definition) is 5. The number of carbonyl (C=O) groups is 1. The lowest BCUT2D eigenvalue weighted by Gasteiger charge is -2.07. The van der Waals surface area contributed by atoms with E-state index in [0.29, 0.717) is 10.7 Å². The Morgan fingerprint density at radius 3 is 2.60 bits per heavy atom. The van der Waals surface area contributed by atoms with E-state index in [9.17, 15) is 4.79 Å². The number of carbonyl (C=O) groups excluding carboxylic acids is 1. The van der Waals surface area contributed by atoms with Crippen molar-refractivity contribution >= 4 is 34.6 Å². The van der Waals surface area contributed by atoms with Crippen LogP contribution >= 0.6 is 11.8 Å². The maximum atomic E-state index is 12.1. The Morgan fingerprint density at radius 2 is 2.00 bits per heavy atom. The molecule has 0 bridgehead atoms. The monoisotopic (exact) mass is 288 g/mol. The van der Waals surface area contributed by atoms with Gasteiger partial charge in [0.1, 0.15) is 0 Å². The lowest BCUT2D eigenvalue weighted by atomic mass is 10.2. The molecule has 0 unspecified atom stereocenters. The molecule has 0 aliphatic rings. The van der Waals surface area contributed by atoms with Crippen LogP contribution in [0.2, 0.25) is 0 Å². The zero-order valence-corrected chi connectivity index (χ0v) is 12.2.